The van der Waals surface area contributed by atoms with E-state index < -0.39 is 5.91 Å². The molecule has 1 amide bonds. The summed E-state index contributed by atoms with van der Waals surface area (Å²) in [5.74, 6) is 0.722. The number of benzene rings is 1. The summed E-state index contributed by atoms with van der Waals surface area (Å²) in [5.41, 5.74) is 12.8. The molecule has 0 fully saturated rings. The van der Waals surface area contributed by atoms with E-state index in [0.717, 1.165) is 5.69 Å². The maximum atomic E-state index is 11.3. The largest absolute Gasteiger partial charge is 0.497 e. The van der Waals surface area contributed by atoms with Gasteiger partial charge in [0.25, 0.3) is 0 Å². The van der Waals surface area contributed by atoms with Crippen molar-refractivity contribution in [1.29, 1.82) is 0 Å². The molecule has 112 valence electrons. The second-order valence-electron chi connectivity index (χ2n) is 4.51. The van der Waals surface area contributed by atoms with Crippen LogP contribution >= 0.6 is 0 Å². The molecule has 7 nitrogen and oxygen atoms in total. The Kier molecular flexibility index (Phi) is 4.02. The normalized spacial score (nSPS) is 10.4. The number of hydrogen-bond acceptors (Lipinski definition) is 5. The van der Waals surface area contributed by atoms with Crippen LogP contribution in [0.15, 0.2) is 18.2 Å². The number of primary amides is 1. The predicted octanol–water partition coefficient (Wildman–Crippen LogP) is 1.46. The molecule has 1 aromatic heterocycles. The van der Waals surface area contributed by atoms with Crippen LogP contribution in [-0.4, -0.2) is 22.8 Å². The van der Waals surface area contributed by atoms with Gasteiger partial charge in [-0.15, -0.1) is 0 Å². The molecule has 0 saturated carbocycles. The number of nitrogen functional groups attached to an aromatic ring is 1. The second-order valence-corrected chi connectivity index (χ2v) is 4.51. The molecule has 0 aliphatic heterocycles. The number of ether oxygens (including phenoxy) is 2. The zero-order valence-corrected chi connectivity index (χ0v) is 12.2. The molecule has 7 heteroatoms. The summed E-state index contributed by atoms with van der Waals surface area (Å²) >= 11 is 0. The van der Waals surface area contributed by atoms with E-state index in [2.05, 4.69) is 5.10 Å². The molecular weight excluding hydrogens is 272 g/mol. The van der Waals surface area contributed by atoms with E-state index in [0.29, 0.717) is 35.1 Å². The summed E-state index contributed by atoms with van der Waals surface area (Å²) in [6.07, 6.45) is 0.702. The number of carbonyl (C=O) groups is 1. The Balaban J connectivity index is 2.41. The van der Waals surface area contributed by atoms with Crippen molar-refractivity contribution >= 4 is 11.6 Å². The van der Waals surface area contributed by atoms with Crippen LogP contribution in [0.4, 0.5) is 5.69 Å². The fourth-order valence-corrected chi connectivity index (χ4v) is 1.96. The number of nitrogens with zero attached hydrogens (tertiary/aromatic N) is 2. The Morgan fingerprint density at radius 1 is 1.33 bits per heavy atom. The van der Waals surface area contributed by atoms with Crippen molar-refractivity contribution in [3.8, 4) is 17.4 Å². The molecule has 0 radical (unpaired) electrons. The molecule has 2 rings (SSSR count). The predicted molar refractivity (Wildman–Crippen MR) is 78.6 cm³/mol. The summed E-state index contributed by atoms with van der Waals surface area (Å²) in [6.45, 7) is 1.96. The molecule has 0 aliphatic rings. The second kappa shape index (κ2) is 5.74. The average Bonchev–Trinajstić information content (AvgIpc) is 2.74. The van der Waals surface area contributed by atoms with Gasteiger partial charge in [-0.2, -0.15) is 5.10 Å². The van der Waals surface area contributed by atoms with E-state index >= 15 is 0 Å². The standard InChI is InChI=1S/C14H18N4O3/c1-4-11-12(15)14(18(2)17-11)21-10-6-8(13(16)19)5-9(7-10)20-3/h5-7H,4,15H2,1-3H3,(H2,16,19). The van der Waals surface area contributed by atoms with Crippen molar-refractivity contribution in [3.05, 3.63) is 29.5 Å². The van der Waals surface area contributed by atoms with Gasteiger partial charge in [0.15, 0.2) is 0 Å². The Hall–Kier alpha value is -2.70. The number of rotatable bonds is 5. The summed E-state index contributed by atoms with van der Waals surface area (Å²) < 4.78 is 12.4. The third-order valence-electron chi connectivity index (χ3n) is 3.06. The Bertz CT molecular complexity index is 679. The minimum Gasteiger partial charge on any atom is -0.497 e. The van der Waals surface area contributed by atoms with Crippen LogP contribution in [0, 0.1) is 0 Å². The summed E-state index contributed by atoms with van der Waals surface area (Å²) in [6, 6.07) is 4.71. The fourth-order valence-electron chi connectivity index (χ4n) is 1.96. The van der Waals surface area contributed by atoms with Gasteiger partial charge in [0, 0.05) is 18.7 Å². The smallest absolute Gasteiger partial charge is 0.248 e. The van der Waals surface area contributed by atoms with Gasteiger partial charge in [0.05, 0.1) is 12.8 Å². The quantitative estimate of drug-likeness (QED) is 0.867. The van der Waals surface area contributed by atoms with Gasteiger partial charge in [-0.3, -0.25) is 4.79 Å². The summed E-state index contributed by atoms with van der Waals surface area (Å²) in [4.78, 5) is 11.3. The van der Waals surface area contributed by atoms with Gasteiger partial charge in [0.1, 0.15) is 17.2 Å². The van der Waals surface area contributed by atoms with E-state index in [-0.39, 0.29) is 0 Å². The number of nitrogens with two attached hydrogens (primary N) is 2. The van der Waals surface area contributed by atoms with Gasteiger partial charge in [-0.25, -0.2) is 4.68 Å². The van der Waals surface area contributed by atoms with E-state index in [1.165, 1.54) is 13.2 Å². The molecule has 21 heavy (non-hydrogen) atoms. The van der Waals surface area contributed by atoms with Crippen LogP contribution in [0.2, 0.25) is 0 Å². The maximum absolute atomic E-state index is 11.3. The minimum absolute atomic E-state index is 0.292. The summed E-state index contributed by atoms with van der Waals surface area (Å²) in [5, 5.41) is 4.27. The van der Waals surface area contributed by atoms with Crippen molar-refractivity contribution in [1.82, 2.24) is 9.78 Å². The van der Waals surface area contributed by atoms with Gasteiger partial charge in [-0.1, -0.05) is 6.92 Å². The van der Waals surface area contributed by atoms with Crippen molar-refractivity contribution in [2.24, 2.45) is 12.8 Å². The molecule has 0 spiro atoms. The monoisotopic (exact) mass is 290 g/mol. The third kappa shape index (κ3) is 2.91. The molecule has 1 heterocycles. The molecule has 0 aliphatic carbocycles. The lowest BCUT2D eigenvalue weighted by Crippen LogP contribution is -2.11. The summed E-state index contributed by atoms with van der Waals surface area (Å²) in [7, 11) is 3.23. The van der Waals surface area contributed by atoms with Gasteiger partial charge >= 0.3 is 0 Å². The first-order chi connectivity index (χ1) is 9.96. The van der Waals surface area contributed by atoms with Crippen LogP contribution < -0.4 is 20.9 Å². The highest BCUT2D eigenvalue weighted by molar-refractivity contribution is 5.93. The van der Waals surface area contributed by atoms with Gasteiger partial charge < -0.3 is 20.9 Å². The molecule has 1 aromatic carbocycles. The number of methoxy groups -OCH3 is 1. The molecule has 0 unspecified atom stereocenters. The first-order valence-electron chi connectivity index (χ1n) is 6.44. The first-order valence-corrected chi connectivity index (χ1v) is 6.44. The first kappa shape index (κ1) is 14.7. The van der Waals surface area contributed by atoms with E-state index in [1.807, 2.05) is 6.92 Å². The number of anilines is 1. The highest BCUT2D eigenvalue weighted by Gasteiger charge is 2.15. The third-order valence-corrected chi connectivity index (χ3v) is 3.06. The van der Waals surface area contributed by atoms with Crippen LogP contribution in [-0.2, 0) is 13.5 Å². The number of carbonyl (C=O) groups excluding carboxylic acids is 1. The molecule has 4 N–H and O–H groups in total. The number of amides is 1. The van der Waals surface area contributed by atoms with Gasteiger partial charge in [-0.05, 0) is 18.6 Å². The van der Waals surface area contributed by atoms with E-state index in [9.17, 15) is 4.79 Å². The molecular formula is C14H18N4O3. The van der Waals surface area contributed by atoms with Crippen LogP contribution in [0.1, 0.15) is 23.0 Å². The zero-order valence-electron chi connectivity index (χ0n) is 12.2. The number of hydrogen-bond donors (Lipinski definition) is 2. The number of aryl methyl sites for hydroxylation is 2. The lowest BCUT2D eigenvalue weighted by molar-refractivity contribution is 0.0999. The highest BCUT2D eigenvalue weighted by atomic mass is 16.5. The van der Waals surface area contributed by atoms with Crippen LogP contribution in [0.5, 0.6) is 17.4 Å². The molecule has 0 saturated heterocycles. The van der Waals surface area contributed by atoms with Crippen LogP contribution in [0.3, 0.4) is 0 Å². The highest BCUT2D eigenvalue weighted by Crippen LogP contribution is 2.32. The fraction of sp³-hybridized carbons (Fsp3) is 0.286. The molecule has 0 bridgehead atoms. The Labute approximate surface area is 122 Å². The van der Waals surface area contributed by atoms with E-state index in [1.54, 1.807) is 23.9 Å². The van der Waals surface area contributed by atoms with Crippen molar-refractivity contribution in [3.63, 3.8) is 0 Å². The lowest BCUT2D eigenvalue weighted by atomic mass is 10.2. The zero-order chi connectivity index (χ0) is 15.6. The van der Waals surface area contributed by atoms with Gasteiger partial charge in [0.2, 0.25) is 11.8 Å². The maximum Gasteiger partial charge on any atom is 0.248 e. The topological polar surface area (TPSA) is 105 Å². The van der Waals surface area contributed by atoms with Crippen molar-refractivity contribution < 1.29 is 14.3 Å². The molecule has 0 atom stereocenters. The van der Waals surface area contributed by atoms with Crippen molar-refractivity contribution in [2.45, 2.75) is 13.3 Å². The molecule has 2 aromatic rings. The van der Waals surface area contributed by atoms with Crippen molar-refractivity contribution in [2.75, 3.05) is 12.8 Å². The Morgan fingerprint density at radius 2 is 2.00 bits per heavy atom. The minimum atomic E-state index is -0.564. The van der Waals surface area contributed by atoms with Crippen LogP contribution in [0.25, 0.3) is 0 Å². The lowest BCUT2D eigenvalue weighted by Gasteiger charge is -2.10. The SMILES string of the molecule is CCc1nn(C)c(Oc2cc(OC)cc(C(N)=O)c2)c1N. The van der Waals surface area contributed by atoms with E-state index in [4.69, 9.17) is 20.9 Å². The number of aromatic nitrogens is 2. The average molecular weight is 290 g/mol. The Morgan fingerprint density at radius 3 is 2.52 bits per heavy atom.